The number of hydrogen-bond donors (Lipinski definition) is 0. The predicted octanol–water partition coefficient (Wildman–Crippen LogP) is 1.39. The molecule has 0 bridgehead atoms. The van der Waals surface area contributed by atoms with Gasteiger partial charge in [0.15, 0.2) is 0 Å². The van der Waals surface area contributed by atoms with Gasteiger partial charge in [-0.05, 0) is 29.6 Å². The lowest BCUT2D eigenvalue weighted by Gasteiger charge is -2.30. The summed E-state index contributed by atoms with van der Waals surface area (Å²) in [7, 11) is 0. The molecule has 12 heavy (non-hydrogen) atoms. The van der Waals surface area contributed by atoms with Gasteiger partial charge in [0, 0.05) is 13.1 Å². The van der Waals surface area contributed by atoms with Gasteiger partial charge in [0.1, 0.15) is 0 Å². The topological polar surface area (TPSA) is 41.9 Å². The van der Waals surface area contributed by atoms with Gasteiger partial charge in [-0.3, -0.25) is 0 Å². The van der Waals surface area contributed by atoms with Crippen molar-refractivity contribution in [1.82, 2.24) is 15.0 Å². The molecule has 0 radical (unpaired) electrons. The maximum atomic E-state index is 5.60. The molecule has 0 aliphatic carbocycles. The molecule has 1 aliphatic rings. The largest absolute Gasteiger partial charge is 0.341 e. The average molecular weight is 205 g/mol. The Bertz CT molecular complexity index is 279. The van der Waals surface area contributed by atoms with Crippen molar-refractivity contribution in [3.05, 3.63) is 10.6 Å². The fourth-order valence-electron chi connectivity index (χ4n) is 0.974. The highest BCUT2D eigenvalue weighted by molar-refractivity contribution is 6.31. The van der Waals surface area contributed by atoms with Gasteiger partial charge >= 0.3 is 0 Å². The Morgan fingerprint density at radius 2 is 1.58 bits per heavy atom. The molecule has 1 aliphatic heterocycles. The minimum Gasteiger partial charge on any atom is -0.341 e. The molecule has 1 fully saturated rings. The van der Waals surface area contributed by atoms with Gasteiger partial charge in [-0.25, -0.2) is 0 Å². The molecule has 1 saturated heterocycles. The van der Waals surface area contributed by atoms with E-state index in [2.05, 4.69) is 15.0 Å². The van der Waals surface area contributed by atoms with Crippen LogP contribution in [0.5, 0.6) is 0 Å². The van der Waals surface area contributed by atoms with E-state index in [0.717, 1.165) is 13.1 Å². The molecule has 0 spiro atoms. The van der Waals surface area contributed by atoms with E-state index in [0.29, 0.717) is 5.95 Å². The van der Waals surface area contributed by atoms with E-state index in [1.807, 2.05) is 4.90 Å². The highest BCUT2D eigenvalue weighted by Crippen LogP contribution is 2.18. The van der Waals surface area contributed by atoms with Crippen LogP contribution in [0.15, 0.2) is 0 Å². The molecule has 1 aromatic heterocycles. The summed E-state index contributed by atoms with van der Waals surface area (Å²) < 4.78 is 0. The van der Waals surface area contributed by atoms with Crippen molar-refractivity contribution in [2.45, 2.75) is 6.42 Å². The molecule has 2 rings (SSSR count). The van der Waals surface area contributed by atoms with Crippen molar-refractivity contribution in [1.29, 1.82) is 0 Å². The van der Waals surface area contributed by atoms with Crippen LogP contribution in [-0.4, -0.2) is 28.0 Å². The Morgan fingerprint density at radius 1 is 1.00 bits per heavy atom. The molecule has 6 heteroatoms. The van der Waals surface area contributed by atoms with Gasteiger partial charge in [-0.1, -0.05) is 0 Å². The molecule has 0 unspecified atom stereocenters. The summed E-state index contributed by atoms with van der Waals surface area (Å²) in [6, 6.07) is 0. The Balaban J connectivity index is 2.30. The SMILES string of the molecule is Clc1nc(Cl)nc(N2CCC2)n1. The first-order valence-electron chi connectivity index (χ1n) is 3.58. The van der Waals surface area contributed by atoms with Gasteiger partial charge in [-0.15, -0.1) is 0 Å². The summed E-state index contributed by atoms with van der Waals surface area (Å²) in [5.41, 5.74) is 0. The number of halogens is 2. The monoisotopic (exact) mass is 204 g/mol. The molecule has 0 aromatic carbocycles. The number of rotatable bonds is 1. The lowest BCUT2D eigenvalue weighted by Crippen LogP contribution is -2.38. The van der Waals surface area contributed by atoms with E-state index in [1.165, 1.54) is 6.42 Å². The van der Waals surface area contributed by atoms with Crippen molar-refractivity contribution in [3.8, 4) is 0 Å². The first-order valence-corrected chi connectivity index (χ1v) is 4.33. The first kappa shape index (κ1) is 8.01. The fourth-order valence-corrected chi connectivity index (χ4v) is 1.33. The van der Waals surface area contributed by atoms with Crippen LogP contribution < -0.4 is 4.90 Å². The van der Waals surface area contributed by atoms with E-state index < -0.39 is 0 Å². The molecule has 1 aromatic rings. The highest BCUT2D eigenvalue weighted by Gasteiger charge is 2.18. The van der Waals surface area contributed by atoms with Crippen LogP contribution in [0.1, 0.15) is 6.42 Å². The smallest absolute Gasteiger partial charge is 0.230 e. The molecular weight excluding hydrogens is 199 g/mol. The number of nitrogens with zero attached hydrogens (tertiary/aromatic N) is 4. The van der Waals surface area contributed by atoms with Crippen LogP contribution in [0.25, 0.3) is 0 Å². The van der Waals surface area contributed by atoms with E-state index in [9.17, 15) is 0 Å². The van der Waals surface area contributed by atoms with E-state index in [1.54, 1.807) is 0 Å². The number of aromatic nitrogens is 3. The minimum atomic E-state index is 0.150. The van der Waals surface area contributed by atoms with Crippen LogP contribution >= 0.6 is 23.2 Å². The summed E-state index contributed by atoms with van der Waals surface area (Å²) in [4.78, 5) is 13.5. The van der Waals surface area contributed by atoms with Crippen LogP contribution in [0.3, 0.4) is 0 Å². The Hall–Kier alpha value is -0.610. The van der Waals surface area contributed by atoms with Crippen LogP contribution in [0.4, 0.5) is 5.95 Å². The minimum absolute atomic E-state index is 0.150. The Kier molecular flexibility index (Phi) is 2.02. The van der Waals surface area contributed by atoms with Crippen LogP contribution in [0, 0.1) is 0 Å². The van der Waals surface area contributed by atoms with Crippen molar-refractivity contribution >= 4 is 29.2 Å². The Morgan fingerprint density at radius 3 is 2.00 bits per heavy atom. The van der Waals surface area contributed by atoms with Gasteiger partial charge in [0.25, 0.3) is 0 Å². The Labute approximate surface area is 79.5 Å². The standard InChI is InChI=1S/C6H6Cl2N4/c7-4-9-5(8)11-6(10-4)12-2-1-3-12/h1-3H2. The van der Waals surface area contributed by atoms with Gasteiger partial charge in [0.2, 0.25) is 16.5 Å². The molecule has 2 heterocycles. The third kappa shape index (κ3) is 1.44. The molecule has 0 amide bonds. The second-order valence-corrected chi connectivity index (χ2v) is 3.19. The summed E-state index contributed by atoms with van der Waals surface area (Å²) in [6.45, 7) is 1.94. The maximum Gasteiger partial charge on any atom is 0.230 e. The third-order valence-electron chi connectivity index (χ3n) is 1.71. The number of hydrogen-bond acceptors (Lipinski definition) is 4. The second kappa shape index (κ2) is 3.03. The molecular formula is C6H6Cl2N4. The van der Waals surface area contributed by atoms with Crippen LogP contribution in [-0.2, 0) is 0 Å². The zero-order valence-corrected chi connectivity index (χ0v) is 7.68. The molecule has 64 valence electrons. The van der Waals surface area contributed by atoms with E-state index in [-0.39, 0.29) is 10.6 Å². The van der Waals surface area contributed by atoms with E-state index in [4.69, 9.17) is 23.2 Å². The summed E-state index contributed by atoms with van der Waals surface area (Å²) >= 11 is 11.2. The molecule has 4 nitrogen and oxygen atoms in total. The van der Waals surface area contributed by atoms with Gasteiger partial charge < -0.3 is 4.90 Å². The second-order valence-electron chi connectivity index (χ2n) is 2.51. The van der Waals surface area contributed by atoms with Gasteiger partial charge in [0.05, 0.1) is 0 Å². The van der Waals surface area contributed by atoms with Crippen molar-refractivity contribution in [2.24, 2.45) is 0 Å². The lowest BCUT2D eigenvalue weighted by atomic mass is 10.2. The van der Waals surface area contributed by atoms with Crippen molar-refractivity contribution < 1.29 is 0 Å². The third-order valence-corrected chi connectivity index (χ3v) is 2.05. The van der Waals surface area contributed by atoms with Crippen molar-refractivity contribution in [3.63, 3.8) is 0 Å². The zero-order valence-electron chi connectivity index (χ0n) is 6.17. The zero-order chi connectivity index (χ0) is 8.55. The van der Waals surface area contributed by atoms with Gasteiger partial charge in [-0.2, -0.15) is 15.0 Å². The normalized spacial score (nSPS) is 16.0. The summed E-state index contributed by atoms with van der Waals surface area (Å²) in [6.07, 6.45) is 1.17. The first-order chi connectivity index (χ1) is 5.75. The molecule has 0 atom stereocenters. The highest BCUT2D eigenvalue weighted by atomic mass is 35.5. The molecule has 0 saturated carbocycles. The van der Waals surface area contributed by atoms with Crippen LogP contribution in [0.2, 0.25) is 10.6 Å². The molecule has 0 N–H and O–H groups in total. The predicted molar refractivity (Wildman–Crippen MR) is 46.7 cm³/mol. The maximum absolute atomic E-state index is 5.60. The van der Waals surface area contributed by atoms with Crippen molar-refractivity contribution in [2.75, 3.05) is 18.0 Å². The fraction of sp³-hybridized carbons (Fsp3) is 0.500. The van der Waals surface area contributed by atoms with E-state index >= 15 is 0 Å². The lowest BCUT2D eigenvalue weighted by molar-refractivity contribution is 0.598. The number of anilines is 1. The summed E-state index contributed by atoms with van der Waals surface area (Å²) in [5.74, 6) is 0.575. The summed E-state index contributed by atoms with van der Waals surface area (Å²) in [5, 5.41) is 0.300. The quantitative estimate of drug-likeness (QED) is 0.694. The average Bonchev–Trinajstić information content (AvgIpc) is 1.79.